The molecule has 1 unspecified atom stereocenters. The number of hydrogen-bond donors (Lipinski definition) is 2. The SMILES string of the molecule is CCNC(=NCc1ccc(F)c(C)c1)NCC(C)Cn1nc(C)cc1C.I. The van der Waals surface area contributed by atoms with E-state index in [1.807, 2.05) is 24.6 Å². The van der Waals surface area contributed by atoms with E-state index in [1.54, 1.807) is 13.0 Å². The number of aryl methyl sites for hydroxylation is 3. The molecule has 0 saturated heterocycles. The first-order valence-electron chi connectivity index (χ1n) is 9.17. The lowest BCUT2D eigenvalue weighted by molar-refractivity contribution is 0.436. The standard InChI is InChI=1S/C20H30FN5.HI/c1-6-22-20(24-12-18-7-8-19(21)15(3)9-18)23-11-14(2)13-26-17(5)10-16(4)25-26;/h7-10,14H,6,11-13H2,1-5H3,(H2,22,23,24);1H. The molecule has 0 radical (unpaired) electrons. The lowest BCUT2D eigenvalue weighted by Gasteiger charge is -2.17. The monoisotopic (exact) mass is 487 g/mol. The van der Waals surface area contributed by atoms with Crippen molar-refractivity contribution in [2.24, 2.45) is 10.9 Å². The summed E-state index contributed by atoms with van der Waals surface area (Å²) in [5.41, 5.74) is 3.87. The Morgan fingerprint density at radius 2 is 1.96 bits per heavy atom. The van der Waals surface area contributed by atoms with Gasteiger partial charge in [0.05, 0.1) is 12.2 Å². The average molecular weight is 487 g/mol. The zero-order valence-corrected chi connectivity index (χ0v) is 19.2. The van der Waals surface area contributed by atoms with Gasteiger partial charge in [-0.15, -0.1) is 24.0 Å². The molecule has 0 aliphatic rings. The number of nitrogens with one attached hydrogen (secondary N) is 2. The molecule has 7 heteroatoms. The van der Waals surface area contributed by atoms with Gasteiger partial charge in [0.2, 0.25) is 0 Å². The van der Waals surface area contributed by atoms with Crippen LogP contribution in [0.25, 0.3) is 0 Å². The van der Waals surface area contributed by atoms with Crippen LogP contribution < -0.4 is 10.6 Å². The van der Waals surface area contributed by atoms with E-state index in [0.29, 0.717) is 18.0 Å². The topological polar surface area (TPSA) is 54.2 Å². The summed E-state index contributed by atoms with van der Waals surface area (Å²) in [5, 5.41) is 11.2. The molecule has 0 bridgehead atoms. The van der Waals surface area contributed by atoms with Crippen molar-refractivity contribution in [2.45, 2.75) is 47.7 Å². The van der Waals surface area contributed by atoms with Gasteiger partial charge in [0.25, 0.3) is 0 Å². The summed E-state index contributed by atoms with van der Waals surface area (Å²) < 4.78 is 15.4. The van der Waals surface area contributed by atoms with Gasteiger partial charge in [-0.3, -0.25) is 4.68 Å². The van der Waals surface area contributed by atoms with Gasteiger partial charge in [-0.25, -0.2) is 9.38 Å². The zero-order valence-electron chi connectivity index (χ0n) is 16.8. The maximum Gasteiger partial charge on any atom is 0.191 e. The van der Waals surface area contributed by atoms with Crippen molar-refractivity contribution in [3.8, 4) is 0 Å². The van der Waals surface area contributed by atoms with Crippen LogP contribution >= 0.6 is 24.0 Å². The zero-order chi connectivity index (χ0) is 19.1. The summed E-state index contributed by atoms with van der Waals surface area (Å²) in [6, 6.07) is 7.21. The van der Waals surface area contributed by atoms with E-state index in [-0.39, 0.29) is 29.8 Å². The molecule has 0 amide bonds. The number of nitrogens with zero attached hydrogens (tertiary/aromatic N) is 3. The number of benzene rings is 1. The van der Waals surface area contributed by atoms with Crippen LogP contribution in [0, 0.1) is 32.5 Å². The van der Waals surface area contributed by atoms with E-state index in [0.717, 1.165) is 36.9 Å². The number of halogens is 2. The minimum Gasteiger partial charge on any atom is -0.357 e. The fourth-order valence-corrected chi connectivity index (χ4v) is 2.81. The molecule has 0 aliphatic heterocycles. The Hall–Kier alpha value is -1.64. The molecule has 150 valence electrons. The second-order valence-corrected chi connectivity index (χ2v) is 6.87. The lowest BCUT2D eigenvalue weighted by atomic mass is 10.1. The summed E-state index contributed by atoms with van der Waals surface area (Å²) in [6.45, 7) is 13.1. The number of aliphatic imine (C=N–C) groups is 1. The van der Waals surface area contributed by atoms with E-state index in [2.05, 4.69) is 40.6 Å². The molecule has 5 nitrogen and oxygen atoms in total. The Morgan fingerprint density at radius 1 is 1.22 bits per heavy atom. The third kappa shape index (κ3) is 7.48. The molecule has 27 heavy (non-hydrogen) atoms. The fraction of sp³-hybridized carbons (Fsp3) is 0.500. The van der Waals surface area contributed by atoms with Crippen LogP contribution in [0.1, 0.15) is 36.4 Å². The van der Waals surface area contributed by atoms with Gasteiger partial charge in [0.15, 0.2) is 5.96 Å². The van der Waals surface area contributed by atoms with E-state index in [4.69, 9.17) is 0 Å². The second-order valence-electron chi connectivity index (χ2n) is 6.87. The molecule has 1 aromatic carbocycles. The Morgan fingerprint density at radius 3 is 2.56 bits per heavy atom. The molecular formula is C20H31FIN5. The largest absolute Gasteiger partial charge is 0.357 e. The molecule has 0 saturated carbocycles. The second kappa shape index (κ2) is 11.3. The molecule has 0 fully saturated rings. The number of guanidine groups is 1. The highest BCUT2D eigenvalue weighted by molar-refractivity contribution is 14.0. The average Bonchev–Trinajstić information content (AvgIpc) is 2.90. The lowest BCUT2D eigenvalue weighted by Crippen LogP contribution is -2.40. The van der Waals surface area contributed by atoms with E-state index in [9.17, 15) is 4.39 Å². The van der Waals surface area contributed by atoms with Crippen molar-refractivity contribution in [2.75, 3.05) is 13.1 Å². The Labute approximate surface area is 178 Å². The van der Waals surface area contributed by atoms with Crippen LogP contribution in [0.3, 0.4) is 0 Å². The number of aromatic nitrogens is 2. The predicted molar refractivity (Wildman–Crippen MR) is 120 cm³/mol. The molecule has 1 heterocycles. The Bertz CT molecular complexity index is 757. The first-order chi connectivity index (χ1) is 12.4. The Kier molecular flexibility index (Phi) is 9.76. The van der Waals surface area contributed by atoms with E-state index in [1.165, 1.54) is 11.8 Å². The smallest absolute Gasteiger partial charge is 0.191 e. The van der Waals surface area contributed by atoms with Crippen LogP contribution in [0.15, 0.2) is 29.3 Å². The molecule has 0 spiro atoms. The summed E-state index contributed by atoms with van der Waals surface area (Å²) in [6.07, 6.45) is 0. The normalized spacial score (nSPS) is 12.4. The fourth-order valence-electron chi connectivity index (χ4n) is 2.81. The summed E-state index contributed by atoms with van der Waals surface area (Å²) in [5.74, 6) is 1.00. The summed E-state index contributed by atoms with van der Waals surface area (Å²) >= 11 is 0. The third-order valence-corrected chi connectivity index (χ3v) is 4.19. The predicted octanol–water partition coefficient (Wildman–Crippen LogP) is 3.96. The van der Waals surface area contributed by atoms with Gasteiger partial charge in [-0.1, -0.05) is 19.1 Å². The highest BCUT2D eigenvalue weighted by atomic mass is 127. The van der Waals surface area contributed by atoms with E-state index >= 15 is 0 Å². The van der Waals surface area contributed by atoms with Gasteiger partial charge >= 0.3 is 0 Å². The maximum atomic E-state index is 13.4. The summed E-state index contributed by atoms with van der Waals surface area (Å²) in [4.78, 5) is 4.60. The molecular weight excluding hydrogens is 456 g/mol. The van der Waals surface area contributed by atoms with Crippen molar-refractivity contribution in [1.29, 1.82) is 0 Å². The quantitative estimate of drug-likeness (QED) is 0.353. The van der Waals surface area contributed by atoms with Gasteiger partial charge in [0.1, 0.15) is 5.82 Å². The number of rotatable bonds is 7. The van der Waals surface area contributed by atoms with Gasteiger partial charge in [-0.05, 0) is 56.9 Å². The molecule has 0 aliphatic carbocycles. The first kappa shape index (κ1) is 23.4. The molecule has 2 rings (SSSR count). The van der Waals surface area contributed by atoms with Crippen molar-refractivity contribution < 1.29 is 4.39 Å². The minimum atomic E-state index is -0.180. The molecule has 1 atom stereocenters. The minimum absolute atomic E-state index is 0. The first-order valence-corrected chi connectivity index (χ1v) is 9.17. The van der Waals surface area contributed by atoms with Crippen molar-refractivity contribution in [3.05, 3.63) is 52.6 Å². The molecule has 2 aromatic rings. The summed E-state index contributed by atoms with van der Waals surface area (Å²) in [7, 11) is 0. The highest BCUT2D eigenvalue weighted by Gasteiger charge is 2.08. The van der Waals surface area contributed by atoms with Crippen LogP contribution in [-0.4, -0.2) is 28.8 Å². The molecule has 2 N–H and O–H groups in total. The van der Waals surface area contributed by atoms with Crippen molar-refractivity contribution in [1.82, 2.24) is 20.4 Å². The van der Waals surface area contributed by atoms with Crippen LogP contribution in [0.2, 0.25) is 0 Å². The third-order valence-electron chi connectivity index (χ3n) is 4.19. The number of hydrogen-bond acceptors (Lipinski definition) is 2. The molecule has 1 aromatic heterocycles. The van der Waals surface area contributed by atoms with Crippen LogP contribution in [0.4, 0.5) is 4.39 Å². The van der Waals surface area contributed by atoms with Gasteiger partial charge in [-0.2, -0.15) is 5.10 Å². The van der Waals surface area contributed by atoms with Gasteiger partial charge in [0, 0.05) is 25.3 Å². The maximum absolute atomic E-state index is 13.4. The van der Waals surface area contributed by atoms with Crippen molar-refractivity contribution >= 4 is 29.9 Å². The van der Waals surface area contributed by atoms with Crippen LogP contribution in [0.5, 0.6) is 0 Å². The van der Waals surface area contributed by atoms with E-state index < -0.39 is 0 Å². The Balaban J connectivity index is 0.00000364. The van der Waals surface area contributed by atoms with Crippen molar-refractivity contribution in [3.63, 3.8) is 0 Å². The van der Waals surface area contributed by atoms with Crippen LogP contribution in [-0.2, 0) is 13.1 Å². The van der Waals surface area contributed by atoms with Gasteiger partial charge < -0.3 is 10.6 Å². The highest BCUT2D eigenvalue weighted by Crippen LogP contribution is 2.10.